The average molecular weight is 1780 g/mol. The van der Waals surface area contributed by atoms with Crippen molar-refractivity contribution in [3.63, 3.8) is 0 Å². The summed E-state index contributed by atoms with van der Waals surface area (Å²) >= 11 is 11.6. The predicted molar refractivity (Wildman–Crippen MR) is 459 cm³/mol. The highest BCUT2D eigenvalue weighted by atomic mass is 35.5. The SMILES string of the molecule is CC(C)c1cc(CC(=O)c2cnc(C(F)F)cn2)ccc1F.CC(C)c1nc(CC(=O)c2ccc(Cl)cn2)ccc1F.COc1cnc(C(=O)Cc2ccc(F)c(C(C)C)c2)c(F)c1.Cc1cnc(C(=O)Cc2cc(Cl)c(F)c(C(C)C)n2)cn1.Cc1cnc(C(=O)Cc2cc(F)c(F)c(C(C)C)c2)cn1.Cc1cnc(C(=O)Cc2ccc(F)c(C(C)C)c2)cn1. The van der Waals surface area contributed by atoms with Crippen LogP contribution in [0.1, 0.15) is 278 Å². The lowest BCUT2D eigenvalue weighted by atomic mass is 9.97. The molecule has 126 heavy (non-hydrogen) atoms. The van der Waals surface area contributed by atoms with E-state index in [4.69, 9.17) is 27.9 Å². The fourth-order valence-corrected chi connectivity index (χ4v) is 12.1. The first-order valence-corrected chi connectivity index (χ1v) is 40.6. The Labute approximate surface area is 734 Å². The van der Waals surface area contributed by atoms with Gasteiger partial charge in [-0.05, 0) is 155 Å². The number of aromatic nitrogens is 12. The second-order valence-electron chi connectivity index (χ2n) is 30.9. The largest absolute Gasteiger partial charge is 0.495 e. The van der Waals surface area contributed by atoms with Gasteiger partial charge < -0.3 is 4.74 Å². The quantitative estimate of drug-likeness (QED) is 0.0360. The predicted octanol–water partition coefficient (Wildman–Crippen LogP) is 22.4. The molecule has 31 heteroatoms. The molecule has 0 amide bonds. The van der Waals surface area contributed by atoms with Crippen LogP contribution in [0.2, 0.25) is 10.0 Å². The van der Waals surface area contributed by atoms with Gasteiger partial charge in [0.15, 0.2) is 58.0 Å². The molecule has 12 rings (SSSR count). The molecule has 8 heterocycles. The van der Waals surface area contributed by atoms with Crippen molar-refractivity contribution in [2.45, 2.75) is 184 Å². The van der Waals surface area contributed by atoms with Gasteiger partial charge in [0, 0.05) is 62.2 Å². The van der Waals surface area contributed by atoms with Crippen LogP contribution in [0.15, 0.2) is 165 Å². The summed E-state index contributed by atoms with van der Waals surface area (Å²) in [5.41, 5.74) is 8.74. The fraction of sp³-hybridized carbons (Fsp3) is 0.305. The van der Waals surface area contributed by atoms with Crippen molar-refractivity contribution in [2.75, 3.05) is 7.11 Å². The summed E-state index contributed by atoms with van der Waals surface area (Å²) in [7, 11) is 1.39. The third-order valence-corrected chi connectivity index (χ3v) is 19.2. The zero-order chi connectivity index (χ0) is 93.1. The van der Waals surface area contributed by atoms with Crippen LogP contribution in [0, 0.1) is 67.3 Å². The Balaban J connectivity index is 0.000000208. The molecule has 0 aliphatic carbocycles. The Hall–Kier alpha value is -12.5. The third-order valence-electron chi connectivity index (χ3n) is 18.7. The number of rotatable bonds is 26. The molecular weight excluding hydrogens is 1680 g/mol. The van der Waals surface area contributed by atoms with E-state index in [9.17, 15) is 72.7 Å². The summed E-state index contributed by atoms with van der Waals surface area (Å²) in [5, 5.41) is 0.454. The maximum atomic E-state index is 13.8. The van der Waals surface area contributed by atoms with Crippen LogP contribution >= 0.6 is 23.2 Å². The first kappa shape index (κ1) is 101. The van der Waals surface area contributed by atoms with Crippen LogP contribution in [0.25, 0.3) is 0 Å². The zero-order valence-electron chi connectivity index (χ0n) is 72.1. The molecule has 0 aliphatic heterocycles. The van der Waals surface area contributed by atoms with E-state index in [1.807, 2.05) is 76.2 Å². The molecule has 0 fully saturated rings. The van der Waals surface area contributed by atoms with Crippen molar-refractivity contribution >= 4 is 57.9 Å². The topological polar surface area (TPSA) is 266 Å². The van der Waals surface area contributed by atoms with Crippen LogP contribution in [0.4, 0.5) is 43.9 Å². The van der Waals surface area contributed by atoms with Gasteiger partial charge in [-0.3, -0.25) is 63.7 Å². The van der Waals surface area contributed by atoms with Gasteiger partial charge in [-0.2, -0.15) is 0 Å². The van der Waals surface area contributed by atoms with E-state index < -0.39 is 41.2 Å². The molecule has 12 aromatic rings. The minimum Gasteiger partial charge on any atom is -0.495 e. The number of halogens is 12. The van der Waals surface area contributed by atoms with Gasteiger partial charge in [0.1, 0.15) is 68.9 Å². The molecule has 0 spiro atoms. The normalized spacial score (nSPS) is 10.9. The van der Waals surface area contributed by atoms with Crippen LogP contribution in [-0.2, 0) is 38.5 Å². The fourth-order valence-electron chi connectivity index (χ4n) is 11.8. The number of nitrogens with zero attached hydrogens (tertiary/aromatic N) is 12. The maximum Gasteiger partial charge on any atom is 0.281 e. The van der Waals surface area contributed by atoms with E-state index in [0.29, 0.717) is 72.6 Å². The Morgan fingerprint density at radius 3 is 1.10 bits per heavy atom. The van der Waals surface area contributed by atoms with Gasteiger partial charge in [0.2, 0.25) is 0 Å². The van der Waals surface area contributed by atoms with Crippen molar-refractivity contribution < 1.29 is 77.4 Å². The molecule has 0 radical (unpaired) electrons. The number of hydrogen-bond acceptors (Lipinski definition) is 19. The summed E-state index contributed by atoms with van der Waals surface area (Å²) in [5.74, 6) is -5.79. The zero-order valence-corrected chi connectivity index (χ0v) is 73.6. The number of Topliss-reactive ketones (excluding diaryl/α,β-unsaturated/α-hetero) is 6. The number of carbonyl (C=O) groups excluding carboxylic acids is 6. The molecule has 4 aromatic carbocycles. The summed E-state index contributed by atoms with van der Waals surface area (Å²) < 4.78 is 139. The lowest BCUT2D eigenvalue weighted by Crippen LogP contribution is -2.10. The van der Waals surface area contributed by atoms with Gasteiger partial charge in [0.25, 0.3) is 6.43 Å². The van der Waals surface area contributed by atoms with Crippen LogP contribution in [0.3, 0.4) is 0 Å². The van der Waals surface area contributed by atoms with E-state index in [1.165, 1.54) is 105 Å². The molecule has 0 saturated carbocycles. The molecule has 8 aromatic heterocycles. The molecular formula is C95H94Cl2F10N12O7. The number of benzene rings is 4. The van der Waals surface area contributed by atoms with E-state index in [2.05, 4.69) is 59.8 Å². The molecule has 0 atom stereocenters. The number of aryl methyl sites for hydroxylation is 3. The van der Waals surface area contributed by atoms with Crippen molar-refractivity contribution in [1.82, 2.24) is 59.8 Å². The number of carbonyl (C=O) groups is 6. The Bertz CT molecular complexity index is 5550. The number of methoxy groups -OCH3 is 1. The molecule has 19 nitrogen and oxygen atoms in total. The van der Waals surface area contributed by atoms with Gasteiger partial charge in [0.05, 0.1) is 101 Å². The Morgan fingerprint density at radius 1 is 0.325 bits per heavy atom. The number of alkyl halides is 2. The van der Waals surface area contributed by atoms with Crippen molar-refractivity contribution in [3.05, 3.63) is 346 Å². The van der Waals surface area contributed by atoms with Gasteiger partial charge >= 0.3 is 0 Å². The van der Waals surface area contributed by atoms with Gasteiger partial charge in [-0.25, -0.2) is 68.8 Å². The number of ether oxygens (including phenoxy) is 1. The minimum absolute atomic E-state index is 0.000156. The number of ketones is 6. The number of pyridine rings is 4. The summed E-state index contributed by atoms with van der Waals surface area (Å²) in [6, 6.07) is 24.9. The van der Waals surface area contributed by atoms with Crippen LogP contribution in [-0.4, -0.2) is 102 Å². The monoisotopic (exact) mass is 1770 g/mol. The summed E-state index contributed by atoms with van der Waals surface area (Å²) in [6.07, 6.45) is 11.1. The highest BCUT2D eigenvalue weighted by molar-refractivity contribution is 6.31. The Morgan fingerprint density at radius 2 is 0.714 bits per heavy atom. The van der Waals surface area contributed by atoms with E-state index in [1.54, 1.807) is 70.3 Å². The maximum absolute atomic E-state index is 13.8. The molecule has 0 N–H and O–H groups in total. The number of hydrogen-bond donors (Lipinski definition) is 0. The third kappa shape index (κ3) is 30.1. The lowest BCUT2D eigenvalue weighted by molar-refractivity contribution is 0.0976. The Kier molecular flexibility index (Phi) is 38.0. The molecule has 0 unspecified atom stereocenters. The summed E-state index contributed by atoms with van der Waals surface area (Å²) in [4.78, 5) is 120. The van der Waals surface area contributed by atoms with Crippen LogP contribution in [0.5, 0.6) is 5.75 Å². The average Bonchev–Trinajstić information content (AvgIpc) is 0.831. The smallest absolute Gasteiger partial charge is 0.281 e. The highest BCUT2D eigenvalue weighted by Crippen LogP contribution is 2.29. The van der Waals surface area contributed by atoms with Crippen molar-refractivity contribution in [1.29, 1.82) is 0 Å². The van der Waals surface area contributed by atoms with E-state index >= 15 is 0 Å². The first-order valence-electron chi connectivity index (χ1n) is 39.8. The second-order valence-corrected chi connectivity index (χ2v) is 31.7. The van der Waals surface area contributed by atoms with E-state index in [-0.39, 0.29) is 171 Å². The summed E-state index contributed by atoms with van der Waals surface area (Å²) in [6.45, 7) is 27.6. The van der Waals surface area contributed by atoms with Gasteiger partial charge in [-0.15, -0.1) is 0 Å². The van der Waals surface area contributed by atoms with Gasteiger partial charge in [-0.1, -0.05) is 149 Å². The van der Waals surface area contributed by atoms with Crippen molar-refractivity contribution in [2.24, 2.45) is 0 Å². The first-order chi connectivity index (χ1) is 59.5. The minimum atomic E-state index is -2.72. The standard InChI is InChI=1S/C17H17F2NO2.C16H15F3N2O.C16H16F2N2O.C16H17FN2O.C15H15ClFN3O.C15H14ClFN2O/c1-10(2)13-6-11(4-5-14(13)18)7-16(21)17-15(19)8-12(22-3)9-20-17;1-9(2)11-5-10(3-4-12(11)17)6-15(22)13-7-21-14(8-20-13)16(18)19;1-9(2)12-4-11(5-13(17)16(12)18)6-15(21)14-8-19-10(3)7-20-14;1-10(2)13-6-12(4-5-14(13)17)7-16(20)15-9-18-11(3)8-19-15;1-8(2)15-14(17)11(16)4-10(20-15)5-13(21)12-7-18-9(3)6-19-12;1-9(2)15-12(17)5-4-11(19-15)7-14(20)13-6-3-10(16)8-18-13/h4-6,8-10H,7H2,1-3H3;3-5,7-9,16H,6H2,1-2H3;4-5,7-9H,6H2,1-3H3;4-6,8-10H,7H2,1-3H3;4,6-8H,5H2,1-3H3;3-6,8-9H,7H2,1-2H3. The molecule has 0 aliphatic rings. The van der Waals surface area contributed by atoms with Crippen molar-refractivity contribution in [3.8, 4) is 5.75 Å². The molecule has 660 valence electrons. The highest BCUT2D eigenvalue weighted by Gasteiger charge is 2.24. The van der Waals surface area contributed by atoms with E-state index in [0.717, 1.165) is 41.5 Å². The molecule has 0 saturated heterocycles. The second kappa shape index (κ2) is 47.6. The van der Waals surface area contributed by atoms with Crippen LogP contribution < -0.4 is 4.74 Å². The lowest BCUT2D eigenvalue weighted by Gasteiger charge is -2.10. The molecule has 0 bridgehead atoms.